The smallest absolute Gasteiger partial charge is 0.349 e. The Morgan fingerprint density at radius 2 is 1.96 bits per heavy atom. The van der Waals surface area contributed by atoms with Crippen LogP contribution in [-0.2, 0) is 14.4 Å². The lowest BCUT2D eigenvalue weighted by molar-refractivity contribution is -0.211. The highest BCUT2D eigenvalue weighted by molar-refractivity contribution is 6.05. The number of rotatable bonds is 4. The fourth-order valence-electron chi connectivity index (χ4n) is 1.93. The minimum absolute atomic E-state index is 0.00922. The molecule has 1 aromatic carbocycles. The van der Waals surface area contributed by atoms with Gasteiger partial charge in [0.15, 0.2) is 0 Å². The predicted molar refractivity (Wildman–Crippen MR) is 67.4 cm³/mol. The molecule has 0 spiro atoms. The molecule has 0 bridgehead atoms. The van der Waals surface area contributed by atoms with Gasteiger partial charge in [0, 0.05) is 18.7 Å². The van der Waals surface area contributed by atoms with Crippen LogP contribution < -0.4 is 5.32 Å². The second-order valence-corrected chi connectivity index (χ2v) is 4.72. The van der Waals surface area contributed by atoms with E-state index in [9.17, 15) is 26.7 Å². The molecule has 1 atom stereocenters. The monoisotopic (exact) mass is 338 g/mol. The van der Waals surface area contributed by atoms with Crippen molar-refractivity contribution in [2.24, 2.45) is 5.16 Å². The van der Waals surface area contributed by atoms with E-state index in [-0.39, 0.29) is 11.3 Å². The van der Waals surface area contributed by atoms with Crippen molar-refractivity contribution in [3.63, 3.8) is 0 Å². The molecule has 1 aliphatic rings. The molecule has 0 aliphatic carbocycles. The third-order valence-electron chi connectivity index (χ3n) is 3.02. The number of hydrogen-bond acceptors (Lipinski definition) is 4. The molecule has 0 saturated heterocycles. The normalized spacial score (nSPS) is 20.9. The third kappa shape index (κ3) is 3.95. The molecule has 0 saturated carbocycles. The van der Waals surface area contributed by atoms with Gasteiger partial charge in [-0.15, -0.1) is 0 Å². The van der Waals surface area contributed by atoms with Gasteiger partial charge < -0.3 is 14.9 Å². The maximum absolute atomic E-state index is 13.2. The van der Waals surface area contributed by atoms with Crippen LogP contribution in [0.5, 0.6) is 0 Å². The van der Waals surface area contributed by atoms with Crippen LogP contribution in [0.3, 0.4) is 0 Å². The maximum Gasteiger partial charge on any atom is 0.405 e. The summed E-state index contributed by atoms with van der Waals surface area (Å²) in [5.41, 5.74) is -0.0440. The molecule has 1 amide bonds. The number of carbonyl (C=O) groups excluding carboxylic acids is 1. The number of benzene rings is 1. The van der Waals surface area contributed by atoms with Gasteiger partial charge >= 0.3 is 12.0 Å². The molecule has 0 radical (unpaired) electrons. The summed E-state index contributed by atoms with van der Waals surface area (Å²) in [6, 6.07) is 2.54. The van der Waals surface area contributed by atoms with E-state index >= 15 is 0 Å². The number of nitrogens with one attached hydrogen (secondary N) is 1. The van der Waals surface area contributed by atoms with Crippen LogP contribution in [0.15, 0.2) is 23.4 Å². The summed E-state index contributed by atoms with van der Waals surface area (Å²) in [5, 5.41) is 5.11. The topological polar surface area (TPSA) is 59.9 Å². The van der Waals surface area contributed by atoms with Crippen LogP contribution in [0.25, 0.3) is 0 Å². The van der Waals surface area contributed by atoms with Crippen molar-refractivity contribution in [2.45, 2.75) is 18.4 Å². The minimum Gasteiger partial charge on any atom is -0.349 e. The molecule has 1 N–H and O–H groups in total. The van der Waals surface area contributed by atoms with E-state index in [1.54, 1.807) is 5.32 Å². The standard InChI is InChI=1S/C13H11F5N2O3/c1-22-12(11(21)19-6-13(16,17)18)5-10(20-23-12)7-2-8(14)4-9(15)3-7/h2-4H,5-6H2,1H3,(H,19,21). The van der Waals surface area contributed by atoms with Crippen LogP contribution >= 0.6 is 0 Å². The van der Waals surface area contributed by atoms with Crippen molar-refractivity contribution in [2.75, 3.05) is 13.7 Å². The van der Waals surface area contributed by atoms with Crippen molar-refractivity contribution < 1.29 is 36.3 Å². The Balaban J connectivity index is 2.14. The van der Waals surface area contributed by atoms with Gasteiger partial charge in [0.1, 0.15) is 18.2 Å². The average Bonchev–Trinajstić information content (AvgIpc) is 2.89. The summed E-state index contributed by atoms with van der Waals surface area (Å²) >= 11 is 0. The summed E-state index contributed by atoms with van der Waals surface area (Å²) in [4.78, 5) is 16.7. The summed E-state index contributed by atoms with van der Waals surface area (Å²) in [7, 11) is 1.04. The van der Waals surface area contributed by atoms with E-state index in [4.69, 9.17) is 9.57 Å². The maximum atomic E-state index is 13.2. The van der Waals surface area contributed by atoms with E-state index in [1.807, 2.05) is 0 Å². The number of amides is 1. The summed E-state index contributed by atoms with van der Waals surface area (Å²) in [5.74, 6) is -5.07. The zero-order chi connectivity index (χ0) is 17.3. The Bertz CT molecular complexity index is 627. The lowest BCUT2D eigenvalue weighted by Crippen LogP contribution is -2.50. The predicted octanol–water partition coefficient (Wildman–Crippen LogP) is 2.11. The minimum atomic E-state index is -4.61. The molecule has 1 aliphatic heterocycles. The molecule has 5 nitrogen and oxygen atoms in total. The summed E-state index contributed by atoms with van der Waals surface area (Å²) in [6.07, 6.45) is -5.02. The van der Waals surface area contributed by atoms with Gasteiger partial charge in [-0.1, -0.05) is 5.16 Å². The number of nitrogens with zero attached hydrogens (tertiary/aromatic N) is 1. The van der Waals surface area contributed by atoms with E-state index in [2.05, 4.69) is 5.16 Å². The first-order chi connectivity index (χ1) is 10.6. The van der Waals surface area contributed by atoms with Crippen molar-refractivity contribution in [3.05, 3.63) is 35.4 Å². The largest absolute Gasteiger partial charge is 0.405 e. The lowest BCUT2D eigenvalue weighted by Gasteiger charge is -2.23. The van der Waals surface area contributed by atoms with E-state index in [0.717, 1.165) is 19.2 Å². The number of oxime groups is 1. The fraction of sp³-hybridized carbons (Fsp3) is 0.385. The number of hydrogen-bond donors (Lipinski definition) is 1. The molecule has 0 fully saturated rings. The summed E-state index contributed by atoms with van der Waals surface area (Å²) < 4.78 is 67.7. The average molecular weight is 338 g/mol. The van der Waals surface area contributed by atoms with Gasteiger partial charge in [0.2, 0.25) is 0 Å². The molecule has 0 aromatic heterocycles. The number of halogens is 5. The second kappa shape index (κ2) is 6.11. The third-order valence-corrected chi connectivity index (χ3v) is 3.02. The van der Waals surface area contributed by atoms with Crippen molar-refractivity contribution >= 4 is 11.6 Å². The number of ether oxygens (including phenoxy) is 1. The van der Waals surface area contributed by atoms with Crippen molar-refractivity contribution in [3.8, 4) is 0 Å². The lowest BCUT2D eigenvalue weighted by atomic mass is 10.0. The highest BCUT2D eigenvalue weighted by Crippen LogP contribution is 2.29. The molecular formula is C13H11F5N2O3. The van der Waals surface area contributed by atoms with Crippen LogP contribution in [0.2, 0.25) is 0 Å². The Labute approximate surface area is 127 Å². The van der Waals surface area contributed by atoms with Gasteiger partial charge in [0.05, 0.1) is 12.1 Å². The molecule has 23 heavy (non-hydrogen) atoms. The van der Waals surface area contributed by atoms with Crippen LogP contribution in [0.4, 0.5) is 22.0 Å². The van der Waals surface area contributed by atoms with E-state index in [0.29, 0.717) is 6.07 Å². The van der Waals surface area contributed by atoms with Gasteiger partial charge in [-0.25, -0.2) is 8.78 Å². The number of methoxy groups -OCH3 is 1. The first kappa shape index (κ1) is 17.1. The Kier molecular flexibility index (Phi) is 4.55. The van der Waals surface area contributed by atoms with Gasteiger partial charge in [-0.2, -0.15) is 13.2 Å². The molecular weight excluding hydrogens is 327 g/mol. The number of alkyl halides is 3. The Morgan fingerprint density at radius 3 is 2.48 bits per heavy atom. The molecule has 1 aromatic rings. The SMILES string of the molecule is COC1(C(=O)NCC(F)(F)F)CC(c2cc(F)cc(F)c2)=NO1. The Hall–Kier alpha value is -2.23. The second-order valence-electron chi connectivity index (χ2n) is 4.72. The molecule has 126 valence electrons. The Morgan fingerprint density at radius 1 is 1.35 bits per heavy atom. The summed E-state index contributed by atoms with van der Waals surface area (Å²) in [6.45, 7) is -1.58. The number of carbonyl (C=O) groups is 1. The van der Waals surface area contributed by atoms with Crippen molar-refractivity contribution in [1.29, 1.82) is 0 Å². The quantitative estimate of drug-likeness (QED) is 0.856. The zero-order valence-electron chi connectivity index (χ0n) is 11.7. The van der Waals surface area contributed by atoms with Gasteiger partial charge in [0.25, 0.3) is 5.91 Å². The van der Waals surface area contributed by atoms with Gasteiger partial charge in [-0.3, -0.25) is 4.79 Å². The zero-order valence-corrected chi connectivity index (χ0v) is 11.7. The fourth-order valence-corrected chi connectivity index (χ4v) is 1.93. The van der Waals surface area contributed by atoms with E-state index < -0.39 is 42.5 Å². The van der Waals surface area contributed by atoms with Crippen LogP contribution in [-0.4, -0.2) is 37.2 Å². The van der Waals surface area contributed by atoms with E-state index in [1.165, 1.54) is 0 Å². The highest BCUT2D eigenvalue weighted by atomic mass is 19.4. The van der Waals surface area contributed by atoms with Crippen LogP contribution in [0.1, 0.15) is 12.0 Å². The van der Waals surface area contributed by atoms with Gasteiger partial charge in [-0.05, 0) is 12.1 Å². The highest BCUT2D eigenvalue weighted by Gasteiger charge is 2.48. The molecule has 10 heteroatoms. The van der Waals surface area contributed by atoms with Crippen molar-refractivity contribution in [1.82, 2.24) is 5.32 Å². The first-order valence-corrected chi connectivity index (χ1v) is 6.27. The van der Waals surface area contributed by atoms with Crippen LogP contribution in [0, 0.1) is 11.6 Å². The molecule has 1 unspecified atom stereocenters. The molecule has 2 rings (SSSR count). The molecule has 1 heterocycles. The first-order valence-electron chi connectivity index (χ1n) is 6.27.